The SMILES string of the molecule is CCN(CC)CCNc1ccc(CN=CN(C)C)c2sc3ccccc3c(=O)c12.Cl.Cl.Cl. The third-order valence-corrected chi connectivity index (χ3v) is 6.27. The number of rotatable bonds is 9. The molecule has 0 fully saturated rings. The first-order valence-electron chi connectivity index (χ1n) is 10.1. The van der Waals surface area contributed by atoms with Crippen LogP contribution < -0.4 is 10.7 Å². The summed E-state index contributed by atoms with van der Waals surface area (Å²) < 4.78 is 2.04. The van der Waals surface area contributed by atoms with Crippen LogP contribution in [0.15, 0.2) is 46.2 Å². The molecule has 0 radical (unpaired) electrons. The first-order valence-corrected chi connectivity index (χ1v) is 11.0. The third kappa shape index (κ3) is 7.22. The summed E-state index contributed by atoms with van der Waals surface area (Å²) in [7, 11) is 3.91. The van der Waals surface area contributed by atoms with Crippen molar-refractivity contribution in [2.24, 2.45) is 4.99 Å². The van der Waals surface area contributed by atoms with Gasteiger partial charge in [-0.25, -0.2) is 0 Å². The number of nitrogens with one attached hydrogen (secondary N) is 1. The Kier molecular flexibility index (Phi) is 13.8. The number of hydrogen-bond acceptors (Lipinski definition) is 5. The van der Waals surface area contributed by atoms with Crippen molar-refractivity contribution in [3.05, 3.63) is 52.2 Å². The van der Waals surface area contributed by atoms with E-state index in [0.29, 0.717) is 6.54 Å². The zero-order valence-corrected chi connectivity index (χ0v) is 22.2. The minimum Gasteiger partial charge on any atom is -0.383 e. The van der Waals surface area contributed by atoms with Gasteiger partial charge in [0.15, 0.2) is 5.43 Å². The van der Waals surface area contributed by atoms with Crippen molar-refractivity contribution in [2.75, 3.05) is 45.6 Å². The number of benzene rings is 2. The van der Waals surface area contributed by atoms with Crippen LogP contribution in [0.2, 0.25) is 0 Å². The number of aliphatic imine (C=N–C) groups is 1. The normalized spacial score (nSPS) is 10.7. The van der Waals surface area contributed by atoms with Crippen LogP contribution in [0.5, 0.6) is 0 Å². The first kappa shape index (κ1) is 30.4. The van der Waals surface area contributed by atoms with E-state index in [4.69, 9.17) is 0 Å². The molecule has 9 heteroatoms. The van der Waals surface area contributed by atoms with Crippen LogP contribution in [0.25, 0.3) is 20.2 Å². The molecule has 0 spiro atoms. The fourth-order valence-electron chi connectivity index (χ4n) is 3.42. The van der Waals surface area contributed by atoms with Gasteiger partial charge in [-0.1, -0.05) is 32.0 Å². The van der Waals surface area contributed by atoms with Gasteiger partial charge in [0.25, 0.3) is 0 Å². The van der Waals surface area contributed by atoms with E-state index in [1.54, 1.807) is 11.3 Å². The second kappa shape index (κ2) is 14.6. The van der Waals surface area contributed by atoms with Crippen molar-refractivity contribution in [3.63, 3.8) is 0 Å². The van der Waals surface area contributed by atoms with E-state index in [1.807, 2.05) is 55.7 Å². The Labute approximate surface area is 213 Å². The fourth-order valence-corrected chi connectivity index (χ4v) is 4.62. The van der Waals surface area contributed by atoms with E-state index in [-0.39, 0.29) is 42.6 Å². The van der Waals surface area contributed by atoms with Crippen LogP contribution in [0, 0.1) is 0 Å². The highest BCUT2D eigenvalue weighted by Gasteiger charge is 2.13. The molecule has 0 aliphatic heterocycles. The van der Waals surface area contributed by atoms with Gasteiger partial charge in [0.05, 0.1) is 18.3 Å². The van der Waals surface area contributed by atoms with E-state index in [9.17, 15) is 4.79 Å². The summed E-state index contributed by atoms with van der Waals surface area (Å²) in [6.45, 7) is 8.72. The molecule has 1 N–H and O–H groups in total. The number of fused-ring (bicyclic) bond motifs is 2. The molecule has 0 atom stereocenters. The molecule has 32 heavy (non-hydrogen) atoms. The molecule has 0 saturated carbocycles. The topological polar surface area (TPSA) is 47.9 Å². The van der Waals surface area contributed by atoms with Crippen molar-refractivity contribution in [3.8, 4) is 0 Å². The number of likely N-dealkylation sites (N-methyl/N-ethyl adjacent to an activating group) is 1. The molecule has 0 saturated heterocycles. The number of hydrogen-bond donors (Lipinski definition) is 1. The van der Waals surface area contributed by atoms with Gasteiger partial charge in [-0.05, 0) is 36.9 Å². The van der Waals surface area contributed by atoms with Gasteiger partial charge in [0, 0.05) is 47.7 Å². The summed E-state index contributed by atoms with van der Waals surface area (Å²) in [5, 5.41) is 5.08. The lowest BCUT2D eigenvalue weighted by atomic mass is 10.1. The largest absolute Gasteiger partial charge is 0.383 e. The second-order valence-corrected chi connectivity index (χ2v) is 8.33. The first-order chi connectivity index (χ1) is 14.0. The molecule has 0 amide bonds. The van der Waals surface area contributed by atoms with Crippen molar-refractivity contribution in [1.29, 1.82) is 0 Å². The second-order valence-electron chi connectivity index (χ2n) is 7.28. The van der Waals surface area contributed by atoms with Gasteiger partial charge in [0.1, 0.15) is 0 Å². The van der Waals surface area contributed by atoms with Crippen LogP contribution in [-0.2, 0) is 6.54 Å². The smallest absolute Gasteiger partial charge is 0.197 e. The fraction of sp³-hybridized carbons (Fsp3) is 0.391. The van der Waals surface area contributed by atoms with Gasteiger partial charge in [-0.3, -0.25) is 9.79 Å². The van der Waals surface area contributed by atoms with E-state index in [0.717, 1.165) is 57.6 Å². The third-order valence-electron chi connectivity index (χ3n) is 5.02. The Balaban J connectivity index is 0.00000320. The zero-order valence-electron chi connectivity index (χ0n) is 19.0. The van der Waals surface area contributed by atoms with Crippen LogP contribution in [0.4, 0.5) is 5.69 Å². The Hall–Kier alpha value is -1.57. The van der Waals surface area contributed by atoms with Gasteiger partial charge in [-0.15, -0.1) is 48.6 Å². The summed E-state index contributed by atoms with van der Waals surface area (Å²) in [5.74, 6) is 0. The van der Waals surface area contributed by atoms with Crippen molar-refractivity contribution in [1.82, 2.24) is 9.80 Å². The molecular weight excluding hydrogens is 487 g/mol. The Morgan fingerprint density at radius 2 is 1.72 bits per heavy atom. The maximum Gasteiger partial charge on any atom is 0.197 e. The molecule has 3 rings (SSSR count). The summed E-state index contributed by atoms with van der Waals surface area (Å²) in [6, 6.07) is 12.0. The van der Waals surface area contributed by atoms with Crippen LogP contribution in [0.3, 0.4) is 0 Å². The van der Waals surface area contributed by atoms with Gasteiger partial charge in [0.2, 0.25) is 0 Å². The monoisotopic (exact) mass is 518 g/mol. The minimum atomic E-state index is 0. The average molecular weight is 520 g/mol. The van der Waals surface area contributed by atoms with E-state index < -0.39 is 0 Å². The maximum absolute atomic E-state index is 13.4. The Bertz CT molecular complexity index is 1070. The zero-order chi connectivity index (χ0) is 20.8. The molecule has 0 aliphatic carbocycles. The number of nitrogens with zero attached hydrogens (tertiary/aromatic N) is 3. The van der Waals surface area contributed by atoms with Crippen molar-refractivity contribution >= 4 is 80.8 Å². The molecule has 1 heterocycles. The molecule has 1 aromatic heterocycles. The maximum atomic E-state index is 13.4. The predicted molar refractivity (Wildman–Crippen MR) is 150 cm³/mol. The minimum absolute atomic E-state index is 0. The molecule has 2 aromatic carbocycles. The Morgan fingerprint density at radius 3 is 2.38 bits per heavy atom. The van der Waals surface area contributed by atoms with Crippen LogP contribution in [0.1, 0.15) is 19.4 Å². The molecule has 0 bridgehead atoms. The van der Waals surface area contributed by atoms with Crippen LogP contribution in [-0.4, -0.2) is 56.4 Å². The van der Waals surface area contributed by atoms with E-state index >= 15 is 0 Å². The van der Waals surface area contributed by atoms with Crippen LogP contribution >= 0.6 is 48.6 Å². The summed E-state index contributed by atoms with van der Waals surface area (Å²) >= 11 is 1.68. The Morgan fingerprint density at radius 1 is 1.03 bits per heavy atom. The van der Waals surface area contributed by atoms with Gasteiger partial charge < -0.3 is 15.1 Å². The quantitative estimate of drug-likeness (QED) is 0.230. The highest BCUT2D eigenvalue weighted by Crippen LogP contribution is 2.32. The summed E-state index contributed by atoms with van der Waals surface area (Å²) in [4.78, 5) is 22.2. The summed E-state index contributed by atoms with van der Waals surface area (Å²) in [6.07, 6.45) is 1.81. The molecule has 178 valence electrons. The average Bonchev–Trinajstić information content (AvgIpc) is 2.72. The predicted octanol–water partition coefficient (Wildman–Crippen LogP) is 5.52. The highest BCUT2D eigenvalue weighted by molar-refractivity contribution is 7.24. The molecule has 5 nitrogen and oxygen atoms in total. The van der Waals surface area contributed by atoms with Gasteiger partial charge in [-0.2, -0.15) is 0 Å². The summed E-state index contributed by atoms with van der Waals surface area (Å²) in [5.41, 5.74) is 2.10. The highest BCUT2D eigenvalue weighted by atomic mass is 35.5. The van der Waals surface area contributed by atoms with Crippen molar-refractivity contribution < 1.29 is 0 Å². The lowest BCUT2D eigenvalue weighted by Gasteiger charge is -2.19. The molecular formula is C23H33Cl3N4OS. The van der Waals surface area contributed by atoms with E-state index in [2.05, 4.69) is 35.1 Å². The van der Waals surface area contributed by atoms with E-state index in [1.165, 1.54) is 0 Å². The lowest BCUT2D eigenvalue weighted by molar-refractivity contribution is 0.316. The lowest BCUT2D eigenvalue weighted by Crippen LogP contribution is -2.28. The number of anilines is 1. The van der Waals surface area contributed by atoms with Gasteiger partial charge >= 0.3 is 0 Å². The number of halogens is 3. The molecule has 0 aliphatic rings. The standard InChI is InChI=1S/C23H30N4OS.3ClH/c1-5-27(6-2)14-13-25-19-12-11-17(15-24-16-26(3)4)23-21(19)22(28)18-9-7-8-10-20(18)29-23;;;/h7-12,16,25H,5-6,13-15H2,1-4H3;3*1H. The molecule has 3 aromatic rings. The molecule has 0 unspecified atom stereocenters. The van der Waals surface area contributed by atoms with Crippen molar-refractivity contribution in [2.45, 2.75) is 20.4 Å².